The maximum absolute atomic E-state index is 10.8. The molecular weight excluding hydrogens is 212 g/mol. The van der Waals surface area contributed by atoms with Crippen LogP contribution in [-0.4, -0.2) is 13.1 Å². The first kappa shape index (κ1) is 11.8. The SMILES string of the molecule is COC(=O)CC=Cc1ccc(Cl)c(C)c1. The molecule has 15 heavy (non-hydrogen) atoms. The van der Waals surface area contributed by atoms with Crippen LogP contribution in [0.2, 0.25) is 5.02 Å². The van der Waals surface area contributed by atoms with Gasteiger partial charge in [0.25, 0.3) is 0 Å². The van der Waals surface area contributed by atoms with Gasteiger partial charge < -0.3 is 4.74 Å². The van der Waals surface area contributed by atoms with Crippen LogP contribution < -0.4 is 0 Å². The molecule has 1 aromatic carbocycles. The number of carbonyl (C=O) groups is 1. The standard InChI is InChI=1S/C12H13ClO2/c1-9-8-10(6-7-11(9)13)4-3-5-12(14)15-2/h3-4,6-8H,5H2,1-2H3. The second-order valence-corrected chi connectivity index (χ2v) is 3.60. The maximum atomic E-state index is 10.8. The van der Waals surface area contributed by atoms with Crippen LogP contribution in [0.3, 0.4) is 0 Å². The zero-order chi connectivity index (χ0) is 11.3. The highest BCUT2D eigenvalue weighted by Crippen LogP contribution is 2.17. The van der Waals surface area contributed by atoms with Crippen LogP contribution in [0.4, 0.5) is 0 Å². The minimum Gasteiger partial charge on any atom is -0.469 e. The van der Waals surface area contributed by atoms with Crippen LogP contribution in [0.5, 0.6) is 0 Å². The average Bonchev–Trinajstić information content (AvgIpc) is 2.23. The van der Waals surface area contributed by atoms with Gasteiger partial charge in [0.05, 0.1) is 13.5 Å². The summed E-state index contributed by atoms with van der Waals surface area (Å²) in [6, 6.07) is 5.72. The number of ether oxygens (including phenoxy) is 1. The summed E-state index contributed by atoms with van der Waals surface area (Å²) >= 11 is 5.89. The van der Waals surface area contributed by atoms with Gasteiger partial charge in [-0.15, -0.1) is 0 Å². The van der Waals surface area contributed by atoms with E-state index >= 15 is 0 Å². The van der Waals surface area contributed by atoms with E-state index in [1.54, 1.807) is 6.08 Å². The number of hydrogen-bond donors (Lipinski definition) is 0. The average molecular weight is 225 g/mol. The minimum atomic E-state index is -0.239. The fourth-order valence-corrected chi connectivity index (χ4v) is 1.26. The van der Waals surface area contributed by atoms with E-state index in [1.807, 2.05) is 31.2 Å². The molecule has 80 valence electrons. The van der Waals surface area contributed by atoms with E-state index in [4.69, 9.17) is 11.6 Å². The van der Waals surface area contributed by atoms with Gasteiger partial charge >= 0.3 is 5.97 Å². The van der Waals surface area contributed by atoms with E-state index < -0.39 is 0 Å². The summed E-state index contributed by atoms with van der Waals surface area (Å²) in [5, 5.41) is 0.750. The predicted octanol–water partition coefficient (Wildman–Crippen LogP) is 3.22. The molecule has 3 heteroatoms. The molecule has 1 rings (SSSR count). The monoisotopic (exact) mass is 224 g/mol. The van der Waals surface area contributed by atoms with Gasteiger partial charge in [-0.2, -0.15) is 0 Å². The molecule has 0 heterocycles. The number of carbonyl (C=O) groups excluding carboxylic acids is 1. The van der Waals surface area contributed by atoms with Gasteiger partial charge in [-0.25, -0.2) is 0 Å². The molecule has 1 aromatic rings. The molecule has 0 spiro atoms. The molecule has 2 nitrogen and oxygen atoms in total. The van der Waals surface area contributed by atoms with Crippen molar-refractivity contribution in [3.8, 4) is 0 Å². The molecule has 0 aliphatic carbocycles. The Morgan fingerprint density at radius 1 is 1.53 bits per heavy atom. The van der Waals surface area contributed by atoms with Crippen LogP contribution >= 0.6 is 11.6 Å². The fraction of sp³-hybridized carbons (Fsp3) is 0.250. The van der Waals surface area contributed by atoms with Crippen LogP contribution in [0.15, 0.2) is 24.3 Å². The van der Waals surface area contributed by atoms with Gasteiger partial charge in [0, 0.05) is 5.02 Å². The highest BCUT2D eigenvalue weighted by atomic mass is 35.5. The maximum Gasteiger partial charge on any atom is 0.309 e. The topological polar surface area (TPSA) is 26.3 Å². The molecule has 0 aliphatic rings. The lowest BCUT2D eigenvalue weighted by atomic mass is 10.1. The van der Waals surface area contributed by atoms with Gasteiger partial charge in [-0.1, -0.05) is 35.9 Å². The van der Waals surface area contributed by atoms with Crippen LogP contribution in [0.1, 0.15) is 17.5 Å². The molecule has 0 aromatic heterocycles. The minimum absolute atomic E-state index is 0.239. The molecule has 0 fully saturated rings. The summed E-state index contributed by atoms with van der Waals surface area (Å²) in [5.74, 6) is -0.239. The van der Waals surface area contributed by atoms with Crippen molar-refractivity contribution < 1.29 is 9.53 Å². The van der Waals surface area contributed by atoms with Crippen molar-refractivity contribution in [2.24, 2.45) is 0 Å². The zero-order valence-corrected chi connectivity index (χ0v) is 9.54. The second kappa shape index (κ2) is 5.56. The summed E-state index contributed by atoms with van der Waals surface area (Å²) in [6.45, 7) is 1.94. The summed E-state index contributed by atoms with van der Waals surface area (Å²) in [7, 11) is 1.38. The molecule has 0 atom stereocenters. The van der Waals surface area contributed by atoms with Crippen molar-refractivity contribution in [3.63, 3.8) is 0 Å². The summed E-state index contributed by atoms with van der Waals surface area (Å²) in [5.41, 5.74) is 2.05. The Hall–Kier alpha value is -1.28. The van der Waals surface area contributed by atoms with Gasteiger partial charge in [0.1, 0.15) is 0 Å². The Balaban J connectivity index is 2.65. The fourth-order valence-electron chi connectivity index (χ4n) is 1.15. The van der Waals surface area contributed by atoms with Crippen LogP contribution in [0.25, 0.3) is 6.08 Å². The van der Waals surface area contributed by atoms with E-state index in [2.05, 4.69) is 4.74 Å². The first-order valence-electron chi connectivity index (χ1n) is 4.63. The normalized spacial score (nSPS) is 10.6. The molecule has 0 unspecified atom stereocenters. The number of rotatable bonds is 3. The van der Waals surface area contributed by atoms with E-state index in [0.29, 0.717) is 0 Å². The third kappa shape index (κ3) is 3.76. The number of halogens is 1. The van der Waals surface area contributed by atoms with Crippen molar-refractivity contribution in [1.29, 1.82) is 0 Å². The van der Waals surface area contributed by atoms with E-state index in [1.165, 1.54) is 7.11 Å². The van der Waals surface area contributed by atoms with Crippen molar-refractivity contribution in [1.82, 2.24) is 0 Å². The van der Waals surface area contributed by atoms with Crippen molar-refractivity contribution >= 4 is 23.6 Å². The number of methoxy groups -OCH3 is 1. The highest BCUT2D eigenvalue weighted by Gasteiger charge is 1.96. The van der Waals surface area contributed by atoms with Crippen LogP contribution in [-0.2, 0) is 9.53 Å². The van der Waals surface area contributed by atoms with Gasteiger partial charge in [-0.05, 0) is 24.1 Å². The molecule has 0 radical (unpaired) electrons. The smallest absolute Gasteiger partial charge is 0.309 e. The van der Waals surface area contributed by atoms with Crippen molar-refractivity contribution in [2.45, 2.75) is 13.3 Å². The third-order valence-corrected chi connectivity index (χ3v) is 2.43. The van der Waals surface area contributed by atoms with E-state index in [0.717, 1.165) is 16.1 Å². The molecular formula is C12H13ClO2. The molecule has 0 bridgehead atoms. The first-order valence-corrected chi connectivity index (χ1v) is 5.01. The number of benzene rings is 1. The summed E-state index contributed by atoms with van der Waals surface area (Å²) < 4.78 is 4.52. The Kier molecular flexibility index (Phi) is 4.37. The summed E-state index contributed by atoms with van der Waals surface area (Å²) in [6.07, 6.45) is 3.94. The van der Waals surface area contributed by atoms with E-state index in [9.17, 15) is 4.79 Å². The largest absolute Gasteiger partial charge is 0.469 e. The van der Waals surface area contributed by atoms with Crippen molar-refractivity contribution in [2.75, 3.05) is 7.11 Å². The molecule has 0 aliphatic heterocycles. The van der Waals surface area contributed by atoms with Gasteiger partial charge in [0.2, 0.25) is 0 Å². The Morgan fingerprint density at radius 2 is 2.27 bits per heavy atom. The first-order chi connectivity index (χ1) is 7.13. The van der Waals surface area contributed by atoms with Gasteiger partial charge in [-0.3, -0.25) is 4.79 Å². The second-order valence-electron chi connectivity index (χ2n) is 3.19. The highest BCUT2D eigenvalue weighted by molar-refractivity contribution is 6.31. The lowest BCUT2D eigenvalue weighted by molar-refractivity contribution is -0.139. The Morgan fingerprint density at radius 3 is 2.87 bits per heavy atom. The Labute approximate surface area is 94.5 Å². The molecule has 0 amide bonds. The lowest BCUT2D eigenvalue weighted by Gasteiger charge is -1.99. The number of hydrogen-bond acceptors (Lipinski definition) is 2. The third-order valence-electron chi connectivity index (χ3n) is 2.00. The quantitative estimate of drug-likeness (QED) is 0.737. The molecule has 0 N–H and O–H groups in total. The van der Waals surface area contributed by atoms with Crippen molar-refractivity contribution in [3.05, 3.63) is 40.4 Å². The zero-order valence-electron chi connectivity index (χ0n) is 8.79. The van der Waals surface area contributed by atoms with Crippen LogP contribution in [0, 0.1) is 6.92 Å². The lowest BCUT2D eigenvalue weighted by Crippen LogP contribution is -1.96. The number of esters is 1. The predicted molar refractivity (Wildman–Crippen MR) is 61.9 cm³/mol. The molecule has 0 saturated carbocycles. The molecule has 0 saturated heterocycles. The van der Waals surface area contributed by atoms with E-state index in [-0.39, 0.29) is 12.4 Å². The number of aryl methyl sites for hydroxylation is 1. The van der Waals surface area contributed by atoms with Gasteiger partial charge in [0.15, 0.2) is 0 Å². The Bertz CT molecular complexity index is 383. The summed E-state index contributed by atoms with van der Waals surface area (Å²) in [4.78, 5) is 10.8.